The maximum absolute atomic E-state index is 10.8. The van der Waals surface area contributed by atoms with Crippen LogP contribution in [0.5, 0.6) is 0 Å². The molecule has 2 rings (SSSR count). The molecule has 4 heteroatoms. The molecule has 1 N–H and O–H groups in total. The van der Waals surface area contributed by atoms with Crippen LogP contribution in [0.3, 0.4) is 0 Å². The van der Waals surface area contributed by atoms with Crippen molar-refractivity contribution in [3.05, 3.63) is 0 Å². The van der Waals surface area contributed by atoms with Crippen LogP contribution in [0, 0.1) is 11.8 Å². The number of ether oxygens (including phenoxy) is 2. The third-order valence-corrected chi connectivity index (χ3v) is 3.04. The fourth-order valence-electron chi connectivity index (χ4n) is 2.12. The van der Waals surface area contributed by atoms with Crippen molar-refractivity contribution in [1.82, 2.24) is 0 Å². The number of rotatable bonds is 1. The molecule has 1 aliphatic heterocycles. The number of carbonyl (C=O) groups is 1. The second-order valence-electron chi connectivity index (χ2n) is 4.42. The predicted octanol–water partition coefficient (Wildman–Crippen LogP) is 1.25. The quantitative estimate of drug-likeness (QED) is 0.692. The van der Waals surface area contributed by atoms with Gasteiger partial charge in [-0.1, -0.05) is 6.92 Å². The van der Waals surface area contributed by atoms with E-state index in [2.05, 4.69) is 6.92 Å². The van der Waals surface area contributed by atoms with Crippen molar-refractivity contribution in [1.29, 1.82) is 0 Å². The second-order valence-corrected chi connectivity index (χ2v) is 4.42. The van der Waals surface area contributed by atoms with Gasteiger partial charge in [0, 0.05) is 18.8 Å². The molecule has 14 heavy (non-hydrogen) atoms. The Balaban J connectivity index is 1.96. The van der Waals surface area contributed by atoms with Gasteiger partial charge in [-0.05, 0) is 6.42 Å². The molecule has 1 spiro atoms. The van der Waals surface area contributed by atoms with Crippen LogP contribution in [0.2, 0.25) is 0 Å². The van der Waals surface area contributed by atoms with E-state index < -0.39 is 11.8 Å². The lowest BCUT2D eigenvalue weighted by Gasteiger charge is -2.36. The lowest BCUT2D eigenvalue weighted by molar-refractivity contribution is -0.278. The number of hydrogen-bond acceptors (Lipinski definition) is 3. The van der Waals surface area contributed by atoms with Crippen LogP contribution in [0.4, 0.5) is 0 Å². The Morgan fingerprint density at radius 2 is 2.07 bits per heavy atom. The van der Waals surface area contributed by atoms with Gasteiger partial charge in [0.25, 0.3) is 0 Å². The summed E-state index contributed by atoms with van der Waals surface area (Å²) < 4.78 is 11.3. The van der Waals surface area contributed by atoms with Crippen molar-refractivity contribution in [3.8, 4) is 0 Å². The van der Waals surface area contributed by atoms with Gasteiger partial charge in [0.15, 0.2) is 5.79 Å². The standard InChI is InChI=1S/C10H16O4/c1-7-5-13-10(14-6-7)3-2-8(4-10)9(11)12/h7-8H,2-6H2,1H3,(H,11,12). The molecule has 0 aromatic heterocycles. The van der Waals surface area contributed by atoms with Gasteiger partial charge in [-0.25, -0.2) is 0 Å². The topological polar surface area (TPSA) is 55.8 Å². The Labute approximate surface area is 83.2 Å². The number of hydrogen-bond donors (Lipinski definition) is 1. The minimum Gasteiger partial charge on any atom is -0.481 e. The van der Waals surface area contributed by atoms with Crippen molar-refractivity contribution in [2.45, 2.75) is 32.0 Å². The number of carboxylic acid groups (broad SMARTS) is 1. The third kappa shape index (κ3) is 1.77. The Bertz CT molecular complexity index is 230. The summed E-state index contributed by atoms with van der Waals surface area (Å²) in [4.78, 5) is 10.8. The first-order valence-electron chi connectivity index (χ1n) is 5.12. The van der Waals surface area contributed by atoms with Crippen LogP contribution in [0.15, 0.2) is 0 Å². The largest absolute Gasteiger partial charge is 0.481 e. The molecule has 1 heterocycles. The van der Waals surface area contributed by atoms with Gasteiger partial charge in [-0.2, -0.15) is 0 Å². The smallest absolute Gasteiger partial charge is 0.306 e. The fourth-order valence-corrected chi connectivity index (χ4v) is 2.12. The summed E-state index contributed by atoms with van der Waals surface area (Å²) in [6.45, 7) is 3.44. The molecular weight excluding hydrogens is 184 g/mol. The van der Waals surface area contributed by atoms with Gasteiger partial charge in [-0.3, -0.25) is 4.79 Å². The van der Waals surface area contributed by atoms with E-state index in [-0.39, 0.29) is 5.92 Å². The third-order valence-electron chi connectivity index (χ3n) is 3.04. The summed E-state index contributed by atoms with van der Waals surface area (Å²) in [5.41, 5.74) is 0. The van der Waals surface area contributed by atoms with E-state index in [0.717, 1.165) is 6.42 Å². The van der Waals surface area contributed by atoms with Crippen LogP contribution < -0.4 is 0 Å². The maximum Gasteiger partial charge on any atom is 0.306 e. The molecule has 4 nitrogen and oxygen atoms in total. The SMILES string of the molecule is CC1COC2(CCC(C(=O)O)C2)OC1. The van der Waals surface area contributed by atoms with Crippen LogP contribution in [0.25, 0.3) is 0 Å². The first-order valence-corrected chi connectivity index (χ1v) is 5.12. The van der Waals surface area contributed by atoms with Gasteiger partial charge in [0.05, 0.1) is 19.1 Å². The van der Waals surface area contributed by atoms with E-state index in [1.165, 1.54) is 0 Å². The summed E-state index contributed by atoms with van der Waals surface area (Å²) >= 11 is 0. The Morgan fingerprint density at radius 3 is 2.57 bits per heavy atom. The first kappa shape index (κ1) is 9.93. The second kappa shape index (κ2) is 3.51. The number of carboxylic acids is 1. The van der Waals surface area contributed by atoms with Crippen LogP contribution in [-0.2, 0) is 14.3 Å². The summed E-state index contributed by atoms with van der Waals surface area (Å²) in [7, 11) is 0. The summed E-state index contributed by atoms with van der Waals surface area (Å²) in [5.74, 6) is -1.17. The highest BCUT2D eigenvalue weighted by Crippen LogP contribution is 2.40. The molecule has 0 aromatic rings. The van der Waals surface area contributed by atoms with Crippen molar-refractivity contribution in [3.63, 3.8) is 0 Å². The molecule has 1 saturated heterocycles. The molecule has 1 saturated carbocycles. The Hall–Kier alpha value is -0.610. The molecule has 1 aliphatic carbocycles. The van der Waals surface area contributed by atoms with Crippen LogP contribution in [-0.4, -0.2) is 30.1 Å². The van der Waals surface area contributed by atoms with Crippen LogP contribution in [0.1, 0.15) is 26.2 Å². The molecule has 1 unspecified atom stereocenters. The van der Waals surface area contributed by atoms with E-state index in [4.69, 9.17) is 14.6 Å². The Morgan fingerprint density at radius 1 is 1.43 bits per heavy atom. The lowest BCUT2D eigenvalue weighted by Crippen LogP contribution is -2.41. The summed E-state index contributed by atoms with van der Waals surface area (Å²) in [5, 5.41) is 8.87. The van der Waals surface area contributed by atoms with E-state index in [1.54, 1.807) is 0 Å². The first-order chi connectivity index (χ1) is 6.61. The van der Waals surface area contributed by atoms with E-state index in [0.29, 0.717) is 32.0 Å². The number of aliphatic carboxylic acids is 1. The lowest BCUT2D eigenvalue weighted by atomic mass is 10.1. The Kier molecular flexibility index (Phi) is 2.49. The zero-order chi connectivity index (χ0) is 10.2. The van der Waals surface area contributed by atoms with E-state index >= 15 is 0 Å². The van der Waals surface area contributed by atoms with Gasteiger partial charge in [0.2, 0.25) is 0 Å². The monoisotopic (exact) mass is 200 g/mol. The maximum atomic E-state index is 10.8. The molecule has 0 amide bonds. The average molecular weight is 200 g/mol. The zero-order valence-corrected chi connectivity index (χ0v) is 8.36. The molecule has 0 aromatic carbocycles. The van der Waals surface area contributed by atoms with Gasteiger partial charge in [0.1, 0.15) is 0 Å². The molecule has 2 fully saturated rings. The predicted molar refractivity (Wildman–Crippen MR) is 48.8 cm³/mol. The van der Waals surface area contributed by atoms with Crippen molar-refractivity contribution in [2.75, 3.05) is 13.2 Å². The zero-order valence-electron chi connectivity index (χ0n) is 8.36. The summed E-state index contributed by atoms with van der Waals surface area (Å²) in [6.07, 6.45) is 1.90. The normalized spacial score (nSPS) is 42.9. The van der Waals surface area contributed by atoms with Crippen LogP contribution >= 0.6 is 0 Å². The van der Waals surface area contributed by atoms with Crippen molar-refractivity contribution < 1.29 is 19.4 Å². The highest BCUT2D eigenvalue weighted by Gasteiger charge is 2.46. The van der Waals surface area contributed by atoms with Gasteiger partial charge >= 0.3 is 5.97 Å². The minimum atomic E-state index is -0.729. The molecule has 0 radical (unpaired) electrons. The molecule has 1 atom stereocenters. The molecular formula is C10H16O4. The highest BCUT2D eigenvalue weighted by molar-refractivity contribution is 5.70. The van der Waals surface area contributed by atoms with E-state index in [1.807, 2.05) is 0 Å². The van der Waals surface area contributed by atoms with Crippen molar-refractivity contribution in [2.24, 2.45) is 11.8 Å². The van der Waals surface area contributed by atoms with E-state index in [9.17, 15) is 4.79 Å². The van der Waals surface area contributed by atoms with Gasteiger partial charge < -0.3 is 14.6 Å². The average Bonchev–Trinajstić information content (AvgIpc) is 2.56. The minimum absolute atomic E-state index is 0.289. The molecule has 80 valence electrons. The summed E-state index contributed by atoms with van der Waals surface area (Å²) in [6, 6.07) is 0. The molecule has 0 bridgehead atoms. The highest BCUT2D eigenvalue weighted by atomic mass is 16.7. The fraction of sp³-hybridized carbons (Fsp3) is 0.900. The van der Waals surface area contributed by atoms with Crippen molar-refractivity contribution >= 4 is 5.97 Å². The van der Waals surface area contributed by atoms with Gasteiger partial charge in [-0.15, -0.1) is 0 Å². The molecule has 2 aliphatic rings.